The zero-order valence-electron chi connectivity index (χ0n) is 19.6. The predicted molar refractivity (Wildman–Crippen MR) is 139 cm³/mol. The van der Waals surface area contributed by atoms with E-state index < -0.39 is 11.8 Å². The van der Waals surface area contributed by atoms with Crippen LogP contribution < -0.4 is 20.1 Å². The number of benzene rings is 3. The number of rotatable bonds is 6. The van der Waals surface area contributed by atoms with Crippen LogP contribution in [-0.4, -0.2) is 36.0 Å². The topological polar surface area (TPSA) is 102 Å². The summed E-state index contributed by atoms with van der Waals surface area (Å²) in [6.07, 6.45) is 0. The van der Waals surface area contributed by atoms with Crippen LogP contribution in [-0.2, 0) is 0 Å². The largest absolute Gasteiger partial charge is 0.493 e. The van der Waals surface area contributed by atoms with E-state index in [0.717, 1.165) is 10.8 Å². The number of methoxy groups -OCH3 is 2. The maximum absolute atomic E-state index is 13.2. The van der Waals surface area contributed by atoms with Crippen LogP contribution in [0.5, 0.6) is 11.5 Å². The monoisotopic (exact) mass is 478 g/mol. The second kappa shape index (κ2) is 9.71. The molecule has 2 aromatic heterocycles. The second-order valence-corrected chi connectivity index (χ2v) is 7.91. The Morgan fingerprint density at radius 2 is 1.19 bits per heavy atom. The summed E-state index contributed by atoms with van der Waals surface area (Å²) >= 11 is 0. The van der Waals surface area contributed by atoms with Crippen LogP contribution in [0.1, 0.15) is 21.0 Å². The van der Waals surface area contributed by atoms with Gasteiger partial charge in [-0.2, -0.15) is 0 Å². The Morgan fingerprint density at radius 3 is 1.75 bits per heavy atom. The van der Waals surface area contributed by atoms with Crippen LogP contribution in [0.2, 0.25) is 0 Å². The molecule has 0 unspecified atom stereocenters. The van der Waals surface area contributed by atoms with Crippen molar-refractivity contribution in [3.05, 3.63) is 96.3 Å². The van der Waals surface area contributed by atoms with Gasteiger partial charge in [0.25, 0.3) is 11.8 Å². The SMILES string of the molecule is COc1ccc(NC(=O)c2ccc3ccccc3n2)c(NC(=O)c2ccc3ccccc3n2)c1OC. The Labute approximate surface area is 206 Å². The molecule has 178 valence electrons. The highest BCUT2D eigenvalue weighted by Gasteiger charge is 2.21. The summed E-state index contributed by atoms with van der Waals surface area (Å²) in [5.41, 5.74) is 2.41. The van der Waals surface area contributed by atoms with Gasteiger partial charge in [-0.05, 0) is 36.4 Å². The van der Waals surface area contributed by atoms with Crippen LogP contribution in [0.4, 0.5) is 11.4 Å². The molecule has 2 amide bonds. The van der Waals surface area contributed by atoms with Crippen LogP contribution in [0.3, 0.4) is 0 Å². The minimum Gasteiger partial charge on any atom is -0.493 e. The maximum Gasteiger partial charge on any atom is 0.274 e. The molecule has 0 aliphatic heterocycles. The Hall–Kier alpha value is -4.98. The van der Waals surface area contributed by atoms with Gasteiger partial charge in [0.15, 0.2) is 11.5 Å². The van der Waals surface area contributed by atoms with Gasteiger partial charge < -0.3 is 20.1 Å². The van der Waals surface area contributed by atoms with E-state index in [1.807, 2.05) is 60.7 Å². The third-order valence-electron chi connectivity index (χ3n) is 5.69. The van der Waals surface area contributed by atoms with Gasteiger partial charge in [0, 0.05) is 10.8 Å². The predicted octanol–water partition coefficient (Wildman–Crippen LogP) is 5.30. The van der Waals surface area contributed by atoms with Crippen LogP contribution in [0, 0.1) is 0 Å². The van der Waals surface area contributed by atoms with Crippen molar-refractivity contribution in [2.24, 2.45) is 0 Å². The summed E-state index contributed by atoms with van der Waals surface area (Å²) in [5, 5.41) is 7.51. The Kier molecular flexibility index (Phi) is 6.15. The van der Waals surface area contributed by atoms with Crippen molar-refractivity contribution in [3.8, 4) is 11.5 Å². The lowest BCUT2D eigenvalue weighted by molar-refractivity contribution is 0.101. The summed E-state index contributed by atoms with van der Waals surface area (Å²) in [6, 6.07) is 25.3. The fourth-order valence-corrected chi connectivity index (χ4v) is 3.90. The first-order chi connectivity index (χ1) is 17.6. The molecule has 0 spiro atoms. The molecule has 36 heavy (non-hydrogen) atoms. The fourth-order valence-electron chi connectivity index (χ4n) is 3.90. The van der Waals surface area contributed by atoms with Crippen LogP contribution in [0.15, 0.2) is 84.9 Å². The summed E-state index contributed by atoms with van der Waals surface area (Å²) in [4.78, 5) is 35.2. The lowest BCUT2D eigenvalue weighted by Crippen LogP contribution is -2.19. The number of ether oxygens (including phenoxy) is 2. The normalized spacial score (nSPS) is 10.7. The molecule has 8 nitrogen and oxygen atoms in total. The number of nitrogens with one attached hydrogen (secondary N) is 2. The van der Waals surface area contributed by atoms with Crippen molar-refractivity contribution in [1.29, 1.82) is 0 Å². The van der Waals surface area contributed by atoms with E-state index in [2.05, 4.69) is 20.6 Å². The Bertz CT molecular complexity index is 1620. The molecule has 0 aliphatic rings. The van der Waals surface area contributed by atoms with Gasteiger partial charge in [0.2, 0.25) is 0 Å². The number of para-hydroxylation sites is 2. The summed E-state index contributed by atoms with van der Waals surface area (Å²) in [6.45, 7) is 0. The number of aromatic nitrogens is 2. The first kappa shape index (κ1) is 22.8. The quantitative estimate of drug-likeness (QED) is 0.343. The molecule has 0 radical (unpaired) electrons. The number of nitrogens with zero attached hydrogens (tertiary/aromatic N) is 2. The van der Waals surface area contributed by atoms with E-state index in [-0.39, 0.29) is 22.8 Å². The number of amides is 2. The molecule has 0 aliphatic carbocycles. The summed E-state index contributed by atoms with van der Waals surface area (Å²) in [5.74, 6) is -0.254. The molecule has 0 atom stereocenters. The third kappa shape index (κ3) is 4.39. The number of pyridine rings is 2. The van der Waals surface area contributed by atoms with Crippen LogP contribution >= 0.6 is 0 Å². The van der Waals surface area contributed by atoms with Crippen molar-refractivity contribution in [2.45, 2.75) is 0 Å². The van der Waals surface area contributed by atoms with Gasteiger partial charge in [-0.15, -0.1) is 0 Å². The molecule has 0 saturated carbocycles. The highest BCUT2D eigenvalue weighted by molar-refractivity contribution is 6.11. The van der Waals surface area contributed by atoms with E-state index >= 15 is 0 Å². The Balaban J connectivity index is 1.49. The highest BCUT2D eigenvalue weighted by atomic mass is 16.5. The second-order valence-electron chi connectivity index (χ2n) is 7.91. The lowest BCUT2D eigenvalue weighted by Gasteiger charge is -2.18. The van der Waals surface area contributed by atoms with Gasteiger partial charge in [-0.25, -0.2) is 9.97 Å². The fraction of sp³-hybridized carbons (Fsp3) is 0.0714. The molecule has 5 rings (SSSR count). The standard InChI is InChI=1S/C28H22N4O4/c1-35-24-16-15-21(31-27(33)22-13-11-17-7-3-5-9-19(17)29-22)25(26(24)36-2)32-28(34)23-14-12-18-8-4-6-10-20(18)30-23/h3-16H,1-2H3,(H,31,33)(H,32,34). The van der Waals surface area contributed by atoms with E-state index in [9.17, 15) is 9.59 Å². The molecular formula is C28H22N4O4. The smallest absolute Gasteiger partial charge is 0.274 e. The highest BCUT2D eigenvalue weighted by Crippen LogP contribution is 2.41. The van der Waals surface area contributed by atoms with E-state index in [0.29, 0.717) is 22.5 Å². The number of fused-ring (bicyclic) bond motifs is 2. The maximum atomic E-state index is 13.2. The van der Waals surface area contributed by atoms with E-state index in [1.165, 1.54) is 14.2 Å². The molecule has 0 fully saturated rings. The lowest BCUT2D eigenvalue weighted by atomic mass is 10.1. The number of hydrogen-bond donors (Lipinski definition) is 2. The third-order valence-corrected chi connectivity index (χ3v) is 5.69. The van der Waals surface area contributed by atoms with E-state index in [1.54, 1.807) is 24.3 Å². The number of carbonyl (C=O) groups excluding carboxylic acids is 2. The van der Waals surface area contributed by atoms with Gasteiger partial charge in [0.05, 0.1) is 30.9 Å². The van der Waals surface area contributed by atoms with Gasteiger partial charge in [-0.1, -0.05) is 48.5 Å². The molecule has 2 N–H and O–H groups in total. The van der Waals surface area contributed by atoms with Crippen molar-refractivity contribution in [1.82, 2.24) is 9.97 Å². The number of carbonyl (C=O) groups is 2. The molecule has 0 bridgehead atoms. The zero-order valence-corrected chi connectivity index (χ0v) is 19.6. The average Bonchev–Trinajstić information content (AvgIpc) is 2.93. The van der Waals surface area contributed by atoms with Crippen molar-refractivity contribution < 1.29 is 19.1 Å². The first-order valence-corrected chi connectivity index (χ1v) is 11.2. The molecule has 5 aromatic rings. The molecule has 8 heteroatoms. The molecule has 3 aromatic carbocycles. The zero-order chi connectivity index (χ0) is 25.1. The molecule has 2 heterocycles. The minimum atomic E-state index is -0.466. The summed E-state index contributed by atoms with van der Waals surface area (Å²) in [7, 11) is 2.95. The summed E-state index contributed by atoms with van der Waals surface area (Å²) < 4.78 is 10.9. The molecular weight excluding hydrogens is 456 g/mol. The van der Waals surface area contributed by atoms with Gasteiger partial charge in [0.1, 0.15) is 17.1 Å². The van der Waals surface area contributed by atoms with E-state index in [4.69, 9.17) is 9.47 Å². The average molecular weight is 479 g/mol. The number of anilines is 2. The minimum absolute atomic E-state index is 0.215. The van der Waals surface area contributed by atoms with Crippen molar-refractivity contribution in [3.63, 3.8) is 0 Å². The first-order valence-electron chi connectivity index (χ1n) is 11.2. The van der Waals surface area contributed by atoms with Crippen molar-refractivity contribution in [2.75, 3.05) is 24.9 Å². The number of hydrogen-bond acceptors (Lipinski definition) is 6. The van der Waals surface area contributed by atoms with Gasteiger partial charge >= 0.3 is 0 Å². The molecule has 0 saturated heterocycles. The van der Waals surface area contributed by atoms with Crippen molar-refractivity contribution >= 4 is 45.0 Å². The van der Waals surface area contributed by atoms with Crippen LogP contribution in [0.25, 0.3) is 21.8 Å². The Morgan fingerprint density at radius 1 is 0.639 bits per heavy atom. The van der Waals surface area contributed by atoms with Gasteiger partial charge in [-0.3, -0.25) is 9.59 Å².